The maximum atomic E-state index is 13.1. The van der Waals surface area contributed by atoms with Crippen molar-refractivity contribution < 1.29 is 13.2 Å². The molecule has 1 saturated heterocycles. The first kappa shape index (κ1) is 19.7. The van der Waals surface area contributed by atoms with E-state index in [1.165, 1.54) is 32.7 Å². The Morgan fingerprint density at radius 2 is 1.97 bits per heavy atom. The van der Waals surface area contributed by atoms with Gasteiger partial charge in [-0.2, -0.15) is 8.99 Å². The summed E-state index contributed by atoms with van der Waals surface area (Å²) >= 11 is 1.26. The normalized spacial score (nSPS) is 15.3. The molecule has 0 aliphatic carbocycles. The molecule has 1 aromatic carbocycles. The lowest BCUT2D eigenvalue weighted by atomic mass is 10.2. The molecule has 0 unspecified atom stereocenters. The van der Waals surface area contributed by atoms with Gasteiger partial charge in [0.05, 0.1) is 10.6 Å². The van der Waals surface area contributed by atoms with Crippen LogP contribution in [0.25, 0.3) is 5.69 Å². The molecular weight excluding hydrogens is 412 g/mol. The Morgan fingerprint density at radius 1 is 1.17 bits per heavy atom. The van der Waals surface area contributed by atoms with Gasteiger partial charge in [-0.05, 0) is 59.3 Å². The van der Waals surface area contributed by atoms with Crippen LogP contribution in [0.3, 0.4) is 0 Å². The summed E-state index contributed by atoms with van der Waals surface area (Å²) in [6.45, 7) is 2.82. The minimum atomic E-state index is -3.59. The zero-order valence-electron chi connectivity index (χ0n) is 15.8. The molecule has 9 nitrogen and oxygen atoms in total. The molecule has 0 saturated carbocycles. The monoisotopic (exact) mass is 432 g/mol. The molecule has 1 amide bonds. The predicted molar refractivity (Wildman–Crippen MR) is 109 cm³/mol. The number of nitrogens with zero attached hydrogens (tertiary/aromatic N) is 5. The van der Waals surface area contributed by atoms with Crippen LogP contribution >= 0.6 is 11.3 Å². The Hall–Kier alpha value is -2.63. The maximum absolute atomic E-state index is 13.1. The third-order valence-electron chi connectivity index (χ3n) is 4.83. The molecule has 4 rings (SSSR count). The number of hydrogen-bond acceptors (Lipinski definition) is 7. The number of anilines is 1. The summed E-state index contributed by atoms with van der Waals surface area (Å²) in [5.74, 6) is -0.351. The fraction of sp³-hybridized carbons (Fsp3) is 0.333. The number of rotatable bonds is 5. The fourth-order valence-electron chi connectivity index (χ4n) is 3.31. The standard InChI is InChI=1S/C18H20N6O3S2/c1-13-5-6-14(11-16(13)29(26,27)23-8-3-2-4-9-23)20-18(25)17-15(7-10-28-17)24-12-19-21-22-24/h5-7,10-12H,2-4,8-9H2,1H3,(H,20,25). The zero-order valence-corrected chi connectivity index (χ0v) is 17.4. The van der Waals surface area contributed by atoms with E-state index in [0.717, 1.165) is 19.3 Å². The Labute approximate surface area is 172 Å². The van der Waals surface area contributed by atoms with Crippen molar-refractivity contribution in [1.29, 1.82) is 0 Å². The fourth-order valence-corrected chi connectivity index (χ4v) is 5.85. The average Bonchev–Trinajstić information content (AvgIpc) is 3.41. The van der Waals surface area contributed by atoms with Crippen molar-refractivity contribution in [2.75, 3.05) is 18.4 Å². The molecule has 29 heavy (non-hydrogen) atoms. The van der Waals surface area contributed by atoms with Gasteiger partial charge < -0.3 is 5.32 Å². The van der Waals surface area contributed by atoms with E-state index < -0.39 is 10.0 Å². The summed E-state index contributed by atoms with van der Waals surface area (Å²) in [5, 5.41) is 15.6. The van der Waals surface area contributed by atoms with Crippen molar-refractivity contribution >= 4 is 33.0 Å². The second-order valence-corrected chi connectivity index (χ2v) is 9.61. The molecule has 1 N–H and O–H groups in total. The van der Waals surface area contributed by atoms with Crippen LogP contribution in [-0.2, 0) is 10.0 Å². The van der Waals surface area contributed by atoms with E-state index in [4.69, 9.17) is 0 Å². The quantitative estimate of drug-likeness (QED) is 0.663. The van der Waals surface area contributed by atoms with Gasteiger partial charge in [-0.25, -0.2) is 8.42 Å². The van der Waals surface area contributed by atoms with Crippen molar-refractivity contribution in [3.8, 4) is 5.69 Å². The van der Waals surface area contributed by atoms with Crippen LogP contribution < -0.4 is 5.32 Å². The van der Waals surface area contributed by atoms with Gasteiger partial charge in [0.15, 0.2) is 0 Å². The summed E-state index contributed by atoms with van der Waals surface area (Å²) in [6, 6.07) is 6.69. The number of carbonyl (C=O) groups is 1. The zero-order chi connectivity index (χ0) is 20.4. The summed E-state index contributed by atoms with van der Waals surface area (Å²) in [7, 11) is -3.59. The van der Waals surface area contributed by atoms with Gasteiger partial charge in [-0.15, -0.1) is 16.4 Å². The number of aromatic nitrogens is 4. The predicted octanol–water partition coefficient (Wildman–Crippen LogP) is 2.46. The molecule has 11 heteroatoms. The smallest absolute Gasteiger partial charge is 0.267 e. The Bertz CT molecular complexity index is 1120. The third kappa shape index (κ3) is 3.93. The molecule has 152 valence electrons. The second kappa shape index (κ2) is 8.01. The highest BCUT2D eigenvalue weighted by Gasteiger charge is 2.28. The number of piperidine rings is 1. The molecule has 1 aliphatic rings. The topological polar surface area (TPSA) is 110 Å². The number of amides is 1. The van der Waals surface area contributed by atoms with Crippen LogP contribution in [0.2, 0.25) is 0 Å². The van der Waals surface area contributed by atoms with Gasteiger partial charge in [0.1, 0.15) is 11.2 Å². The molecule has 1 fully saturated rings. The summed E-state index contributed by atoms with van der Waals surface area (Å²) in [6.07, 6.45) is 4.19. The summed E-state index contributed by atoms with van der Waals surface area (Å²) in [4.78, 5) is 13.5. The van der Waals surface area contributed by atoms with E-state index in [9.17, 15) is 13.2 Å². The number of tetrazole rings is 1. The van der Waals surface area contributed by atoms with Crippen LogP contribution in [0.1, 0.15) is 34.5 Å². The number of nitrogens with one attached hydrogen (secondary N) is 1. The van der Waals surface area contributed by atoms with Crippen molar-refractivity contribution in [3.05, 3.63) is 46.4 Å². The van der Waals surface area contributed by atoms with Crippen LogP contribution in [-0.4, -0.2) is 51.9 Å². The van der Waals surface area contributed by atoms with E-state index in [2.05, 4.69) is 20.8 Å². The third-order valence-corrected chi connectivity index (χ3v) is 7.77. The van der Waals surface area contributed by atoms with Gasteiger partial charge in [0, 0.05) is 18.8 Å². The molecule has 0 bridgehead atoms. The Balaban J connectivity index is 1.60. The van der Waals surface area contributed by atoms with Gasteiger partial charge >= 0.3 is 0 Å². The van der Waals surface area contributed by atoms with E-state index >= 15 is 0 Å². The molecule has 0 spiro atoms. The highest BCUT2D eigenvalue weighted by molar-refractivity contribution is 7.89. The highest BCUT2D eigenvalue weighted by atomic mass is 32.2. The van der Waals surface area contributed by atoms with E-state index in [1.807, 2.05) is 0 Å². The average molecular weight is 433 g/mol. The minimum Gasteiger partial charge on any atom is -0.321 e. The molecule has 0 atom stereocenters. The minimum absolute atomic E-state index is 0.226. The second-order valence-electron chi connectivity index (χ2n) is 6.79. The summed E-state index contributed by atoms with van der Waals surface area (Å²) in [5.41, 5.74) is 1.64. The van der Waals surface area contributed by atoms with Crippen molar-refractivity contribution in [1.82, 2.24) is 24.5 Å². The SMILES string of the molecule is Cc1ccc(NC(=O)c2sccc2-n2cnnn2)cc1S(=O)(=O)N1CCCCC1. The molecule has 0 radical (unpaired) electrons. The van der Waals surface area contributed by atoms with E-state index in [1.54, 1.807) is 30.5 Å². The van der Waals surface area contributed by atoms with Gasteiger partial charge in [0.2, 0.25) is 10.0 Å². The maximum Gasteiger partial charge on any atom is 0.267 e. The largest absolute Gasteiger partial charge is 0.321 e. The number of aryl methyl sites for hydroxylation is 1. The molecule has 1 aliphatic heterocycles. The summed E-state index contributed by atoms with van der Waals surface area (Å²) < 4.78 is 29.1. The number of carbonyl (C=O) groups excluding carboxylic acids is 1. The van der Waals surface area contributed by atoms with E-state index in [-0.39, 0.29) is 10.8 Å². The lowest BCUT2D eigenvalue weighted by Crippen LogP contribution is -2.36. The van der Waals surface area contributed by atoms with Crippen molar-refractivity contribution in [2.45, 2.75) is 31.1 Å². The molecular formula is C18H20N6O3S2. The van der Waals surface area contributed by atoms with Crippen molar-refractivity contribution in [3.63, 3.8) is 0 Å². The number of hydrogen-bond donors (Lipinski definition) is 1. The first-order valence-electron chi connectivity index (χ1n) is 9.20. The number of benzene rings is 1. The van der Waals surface area contributed by atoms with Gasteiger partial charge in [-0.3, -0.25) is 4.79 Å². The van der Waals surface area contributed by atoms with Crippen LogP contribution in [0.15, 0.2) is 40.9 Å². The number of thiophene rings is 1. The first-order valence-corrected chi connectivity index (χ1v) is 11.5. The van der Waals surface area contributed by atoms with Gasteiger partial charge in [-0.1, -0.05) is 12.5 Å². The van der Waals surface area contributed by atoms with Crippen LogP contribution in [0, 0.1) is 6.92 Å². The van der Waals surface area contributed by atoms with Gasteiger partial charge in [0.25, 0.3) is 5.91 Å². The lowest BCUT2D eigenvalue weighted by molar-refractivity contribution is 0.103. The van der Waals surface area contributed by atoms with Crippen LogP contribution in [0.5, 0.6) is 0 Å². The molecule has 2 aromatic heterocycles. The molecule has 3 heterocycles. The van der Waals surface area contributed by atoms with Crippen LogP contribution in [0.4, 0.5) is 5.69 Å². The number of sulfonamides is 1. The Morgan fingerprint density at radius 3 is 2.69 bits per heavy atom. The first-order chi connectivity index (χ1) is 14.0. The molecule has 3 aromatic rings. The Kier molecular flexibility index (Phi) is 5.43. The highest BCUT2D eigenvalue weighted by Crippen LogP contribution is 2.27. The van der Waals surface area contributed by atoms with Crippen molar-refractivity contribution in [2.24, 2.45) is 0 Å². The lowest BCUT2D eigenvalue weighted by Gasteiger charge is -2.26. The van der Waals surface area contributed by atoms with E-state index in [0.29, 0.717) is 34.9 Å².